The molecule has 0 atom stereocenters. The summed E-state index contributed by atoms with van der Waals surface area (Å²) in [5.41, 5.74) is 0. The van der Waals surface area contributed by atoms with Gasteiger partial charge in [-0.15, -0.1) is 0 Å². The minimum Gasteiger partial charge on any atom is -0.344 e. The van der Waals surface area contributed by atoms with Gasteiger partial charge in [-0.3, -0.25) is 0 Å². The molecule has 0 aliphatic carbocycles. The van der Waals surface area contributed by atoms with Crippen LogP contribution in [0.3, 0.4) is 0 Å². The Bertz CT molecular complexity index is 258. The molecule has 1 aliphatic rings. The largest absolute Gasteiger partial charge is 0.344 e. The van der Waals surface area contributed by atoms with Crippen molar-refractivity contribution in [2.75, 3.05) is 31.1 Å². The lowest BCUT2D eigenvalue weighted by Gasteiger charge is -2.26. The Morgan fingerprint density at radius 1 is 1.42 bits per heavy atom. The van der Waals surface area contributed by atoms with Gasteiger partial charge in [0.2, 0.25) is 10.4 Å². The zero-order valence-corrected chi connectivity index (χ0v) is 8.03. The summed E-state index contributed by atoms with van der Waals surface area (Å²) in [6.07, 6.45) is 0. The summed E-state index contributed by atoms with van der Waals surface area (Å²) in [6.45, 7) is 4.01. The summed E-state index contributed by atoms with van der Waals surface area (Å²) in [4.78, 5) is 6.30. The highest BCUT2D eigenvalue weighted by molar-refractivity contribution is 7.10. The molecule has 1 saturated heterocycles. The molecule has 2 rings (SSSR count). The second kappa shape index (κ2) is 3.55. The van der Waals surface area contributed by atoms with Gasteiger partial charge >= 0.3 is 0 Å². The number of rotatable bonds is 1. The van der Waals surface area contributed by atoms with Crippen molar-refractivity contribution in [1.29, 1.82) is 0 Å². The number of hydrogen-bond acceptors (Lipinski definition) is 5. The first-order chi connectivity index (χ1) is 5.86. The second-order valence-corrected chi connectivity index (χ2v) is 3.65. The quantitative estimate of drug-likeness (QED) is 0.728. The van der Waals surface area contributed by atoms with Gasteiger partial charge in [0, 0.05) is 37.7 Å². The zero-order valence-electron chi connectivity index (χ0n) is 6.46. The molecule has 1 aliphatic heterocycles. The van der Waals surface area contributed by atoms with E-state index in [0.29, 0.717) is 5.28 Å². The highest BCUT2D eigenvalue weighted by atomic mass is 35.5. The average molecular weight is 205 g/mol. The van der Waals surface area contributed by atoms with Crippen LogP contribution in [0.4, 0.5) is 5.13 Å². The van der Waals surface area contributed by atoms with Gasteiger partial charge in [-0.2, -0.15) is 9.36 Å². The Morgan fingerprint density at radius 3 is 2.75 bits per heavy atom. The van der Waals surface area contributed by atoms with Crippen molar-refractivity contribution in [3.05, 3.63) is 5.28 Å². The first-order valence-corrected chi connectivity index (χ1v) is 4.96. The summed E-state index contributed by atoms with van der Waals surface area (Å²) in [5.74, 6) is 0. The van der Waals surface area contributed by atoms with E-state index in [9.17, 15) is 0 Å². The molecule has 1 aromatic rings. The van der Waals surface area contributed by atoms with Gasteiger partial charge in [-0.25, -0.2) is 0 Å². The van der Waals surface area contributed by atoms with Crippen molar-refractivity contribution < 1.29 is 0 Å². The van der Waals surface area contributed by atoms with Crippen molar-refractivity contribution in [1.82, 2.24) is 14.7 Å². The van der Waals surface area contributed by atoms with Crippen LogP contribution in [-0.2, 0) is 0 Å². The van der Waals surface area contributed by atoms with Gasteiger partial charge in [-0.1, -0.05) is 0 Å². The monoisotopic (exact) mass is 204 g/mol. The fraction of sp³-hybridized carbons (Fsp3) is 0.667. The number of hydrogen-bond donors (Lipinski definition) is 1. The van der Waals surface area contributed by atoms with Gasteiger partial charge in [0.15, 0.2) is 0 Å². The highest BCUT2D eigenvalue weighted by Gasteiger charge is 2.13. The third-order valence-corrected chi connectivity index (χ3v) is 2.82. The number of nitrogens with zero attached hydrogens (tertiary/aromatic N) is 3. The lowest BCUT2D eigenvalue weighted by Crippen LogP contribution is -2.43. The molecule has 1 N–H and O–H groups in total. The van der Waals surface area contributed by atoms with Crippen LogP contribution in [0.15, 0.2) is 0 Å². The van der Waals surface area contributed by atoms with E-state index in [1.807, 2.05) is 0 Å². The molecule has 0 saturated carbocycles. The van der Waals surface area contributed by atoms with E-state index in [4.69, 9.17) is 11.6 Å². The predicted octanol–water partition coefficient (Wildman–Crippen LogP) is 0.601. The van der Waals surface area contributed by atoms with Gasteiger partial charge in [-0.05, 0) is 11.6 Å². The highest BCUT2D eigenvalue weighted by Crippen LogP contribution is 2.19. The fourth-order valence-electron chi connectivity index (χ4n) is 1.18. The van der Waals surface area contributed by atoms with E-state index in [-0.39, 0.29) is 0 Å². The molecule has 2 heterocycles. The third kappa shape index (κ3) is 1.68. The Kier molecular flexibility index (Phi) is 2.43. The number of anilines is 1. The molecule has 12 heavy (non-hydrogen) atoms. The molecule has 0 unspecified atom stereocenters. The van der Waals surface area contributed by atoms with E-state index in [0.717, 1.165) is 31.3 Å². The van der Waals surface area contributed by atoms with Crippen molar-refractivity contribution >= 4 is 28.3 Å². The van der Waals surface area contributed by atoms with E-state index in [1.165, 1.54) is 11.5 Å². The molecular formula is C6H9ClN4S. The topological polar surface area (TPSA) is 41.1 Å². The normalized spacial score (nSPS) is 18.2. The van der Waals surface area contributed by atoms with Crippen LogP contribution in [0, 0.1) is 0 Å². The van der Waals surface area contributed by atoms with Gasteiger partial charge in [0.25, 0.3) is 0 Å². The number of halogens is 1. The minimum atomic E-state index is 0.355. The van der Waals surface area contributed by atoms with Crippen molar-refractivity contribution in [3.63, 3.8) is 0 Å². The zero-order chi connectivity index (χ0) is 8.39. The Labute approximate surface area is 79.7 Å². The maximum Gasteiger partial charge on any atom is 0.236 e. The number of nitrogens with one attached hydrogen (secondary N) is 1. The summed E-state index contributed by atoms with van der Waals surface area (Å²) in [5, 5.41) is 4.56. The lowest BCUT2D eigenvalue weighted by molar-refractivity contribution is 0.588. The SMILES string of the molecule is Clc1nsc(N2CCNCC2)n1. The van der Waals surface area contributed by atoms with Crippen LogP contribution in [-0.4, -0.2) is 35.5 Å². The van der Waals surface area contributed by atoms with Gasteiger partial charge in [0.1, 0.15) is 0 Å². The molecule has 4 nitrogen and oxygen atoms in total. The molecular weight excluding hydrogens is 196 g/mol. The molecule has 0 amide bonds. The average Bonchev–Trinajstić information content (AvgIpc) is 2.54. The van der Waals surface area contributed by atoms with Crippen molar-refractivity contribution in [2.45, 2.75) is 0 Å². The first kappa shape index (κ1) is 8.22. The standard InChI is InChI=1S/C6H9ClN4S/c7-5-9-6(12-10-5)11-3-1-8-2-4-11/h8H,1-4H2. The maximum absolute atomic E-state index is 5.63. The van der Waals surface area contributed by atoms with Crippen LogP contribution >= 0.6 is 23.1 Å². The van der Waals surface area contributed by atoms with Crippen LogP contribution in [0.1, 0.15) is 0 Å². The molecule has 6 heteroatoms. The van der Waals surface area contributed by atoms with E-state index in [1.54, 1.807) is 0 Å². The third-order valence-electron chi connectivity index (χ3n) is 1.78. The maximum atomic E-state index is 5.63. The van der Waals surface area contributed by atoms with Gasteiger partial charge in [0.05, 0.1) is 0 Å². The van der Waals surface area contributed by atoms with Crippen molar-refractivity contribution in [2.24, 2.45) is 0 Å². The van der Waals surface area contributed by atoms with E-state index >= 15 is 0 Å². The first-order valence-electron chi connectivity index (χ1n) is 3.81. The molecule has 1 aromatic heterocycles. The van der Waals surface area contributed by atoms with Crippen LogP contribution < -0.4 is 10.2 Å². The number of aromatic nitrogens is 2. The van der Waals surface area contributed by atoms with Crippen molar-refractivity contribution in [3.8, 4) is 0 Å². The van der Waals surface area contributed by atoms with E-state index < -0.39 is 0 Å². The molecule has 0 bridgehead atoms. The van der Waals surface area contributed by atoms with Crippen LogP contribution in [0.5, 0.6) is 0 Å². The summed E-state index contributed by atoms with van der Waals surface area (Å²) >= 11 is 6.99. The summed E-state index contributed by atoms with van der Waals surface area (Å²) in [6, 6.07) is 0. The molecule has 0 aromatic carbocycles. The Balaban J connectivity index is 2.08. The smallest absolute Gasteiger partial charge is 0.236 e. The van der Waals surface area contributed by atoms with Crippen LogP contribution in [0.2, 0.25) is 5.28 Å². The molecule has 1 fully saturated rings. The lowest BCUT2D eigenvalue weighted by atomic mass is 10.4. The van der Waals surface area contributed by atoms with Crippen LogP contribution in [0.25, 0.3) is 0 Å². The number of piperazine rings is 1. The summed E-state index contributed by atoms with van der Waals surface area (Å²) < 4.78 is 3.93. The molecule has 0 radical (unpaired) electrons. The minimum absolute atomic E-state index is 0.355. The predicted molar refractivity (Wildman–Crippen MR) is 50.0 cm³/mol. The Hall–Kier alpha value is -0.390. The summed E-state index contributed by atoms with van der Waals surface area (Å²) in [7, 11) is 0. The molecule has 66 valence electrons. The Morgan fingerprint density at radius 2 is 2.17 bits per heavy atom. The fourth-order valence-corrected chi connectivity index (χ4v) is 2.04. The van der Waals surface area contributed by atoms with Gasteiger partial charge < -0.3 is 10.2 Å². The molecule has 0 spiro atoms. The second-order valence-electron chi connectivity index (χ2n) is 2.58. The van der Waals surface area contributed by atoms with E-state index in [2.05, 4.69) is 19.6 Å².